The molecule has 2 heterocycles. The molecule has 184 valence electrons. The second-order valence-electron chi connectivity index (χ2n) is 8.31. The van der Waals surface area contributed by atoms with Gasteiger partial charge in [-0.3, -0.25) is 9.59 Å². The van der Waals surface area contributed by atoms with Gasteiger partial charge in [-0.05, 0) is 43.7 Å². The predicted molar refractivity (Wildman–Crippen MR) is 132 cm³/mol. The molecule has 1 aliphatic rings. The van der Waals surface area contributed by atoms with Gasteiger partial charge < -0.3 is 14.8 Å². The van der Waals surface area contributed by atoms with E-state index in [1.807, 2.05) is 6.92 Å². The molecule has 0 unspecified atom stereocenters. The number of nitrogens with one attached hydrogen (secondary N) is 1. The van der Waals surface area contributed by atoms with E-state index in [0.717, 1.165) is 42.5 Å². The summed E-state index contributed by atoms with van der Waals surface area (Å²) in [6, 6.07) is 6.67. The molecular weight excluding hydrogens is 470 g/mol. The summed E-state index contributed by atoms with van der Waals surface area (Å²) in [4.78, 5) is 51.7. The van der Waals surface area contributed by atoms with Crippen LogP contribution in [0.3, 0.4) is 0 Å². The second-order valence-corrected chi connectivity index (χ2v) is 9.41. The molecule has 35 heavy (non-hydrogen) atoms. The van der Waals surface area contributed by atoms with Crippen molar-refractivity contribution in [3.05, 3.63) is 56.3 Å². The lowest BCUT2D eigenvalue weighted by molar-refractivity contribution is -0.119. The van der Waals surface area contributed by atoms with Crippen LogP contribution in [-0.2, 0) is 33.7 Å². The number of aromatic nitrogens is 2. The summed E-state index contributed by atoms with van der Waals surface area (Å²) < 4.78 is 11.4. The average Bonchev–Trinajstić information content (AvgIpc) is 3.03. The Balaban J connectivity index is 1.53. The van der Waals surface area contributed by atoms with Crippen LogP contribution in [0.15, 0.2) is 29.1 Å². The summed E-state index contributed by atoms with van der Waals surface area (Å²) in [6.45, 7) is 1.69. The minimum Gasteiger partial charge on any atom is -0.465 e. The number of fused-ring (bicyclic) bond motifs is 2. The Morgan fingerprint density at radius 2 is 1.83 bits per heavy atom. The maximum atomic E-state index is 12.9. The summed E-state index contributed by atoms with van der Waals surface area (Å²) in [5.41, 5.74) is 0.998. The van der Waals surface area contributed by atoms with Gasteiger partial charge in [0.1, 0.15) is 5.00 Å². The van der Waals surface area contributed by atoms with E-state index in [9.17, 15) is 19.2 Å². The molecule has 4 rings (SSSR count). The molecule has 0 aliphatic heterocycles. The van der Waals surface area contributed by atoms with Gasteiger partial charge in [0.15, 0.2) is 12.3 Å². The van der Waals surface area contributed by atoms with E-state index in [2.05, 4.69) is 10.4 Å². The van der Waals surface area contributed by atoms with Crippen LogP contribution in [-0.4, -0.2) is 41.3 Å². The number of methoxy groups -OCH3 is 1. The Morgan fingerprint density at radius 3 is 2.57 bits per heavy atom. The van der Waals surface area contributed by atoms with E-state index >= 15 is 0 Å². The van der Waals surface area contributed by atoms with E-state index in [1.54, 1.807) is 24.3 Å². The Hall–Kier alpha value is -3.53. The average molecular weight is 498 g/mol. The molecule has 1 N–H and O–H groups in total. The zero-order valence-corrected chi connectivity index (χ0v) is 20.5. The normalized spacial score (nSPS) is 13.1. The highest BCUT2D eigenvalue weighted by Crippen LogP contribution is 2.37. The molecule has 2 aromatic heterocycles. The van der Waals surface area contributed by atoms with Crippen molar-refractivity contribution in [2.45, 2.75) is 52.0 Å². The fourth-order valence-corrected chi connectivity index (χ4v) is 5.55. The maximum Gasteiger partial charge on any atom is 0.359 e. The summed E-state index contributed by atoms with van der Waals surface area (Å²) in [6.07, 6.45) is 5.36. The van der Waals surface area contributed by atoms with E-state index in [1.165, 1.54) is 23.1 Å². The third-order valence-corrected chi connectivity index (χ3v) is 7.10. The fourth-order valence-electron chi connectivity index (χ4n) is 4.26. The molecule has 1 amide bonds. The molecule has 0 saturated heterocycles. The Labute approximate surface area is 206 Å². The molecule has 10 heteroatoms. The van der Waals surface area contributed by atoms with Crippen molar-refractivity contribution in [1.29, 1.82) is 0 Å². The summed E-state index contributed by atoms with van der Waals surface area (Å²) in [5, 5.41) is 8.04. The van der Waals surface area contributed by atoms with Gasteiger partial charge in [0, 0.05) is 16.8 Å². The molecular formula is C25H27N3O6S. The molecule has 3 aromatic rings. The summed E-state index contributed by atoms with van der Waals surface area (Å²) in [7, 11) is 1.31. The van der Waals surface area contributed by atoms with Crippen molar-refractivity contribution in [2.75, 3.05) is 19.0 Å². The Kier molecular flexibility index (Phi) is 7.60. The van der Waals surface area contributed by atoms with Crippen molar-refractivity contribution in [3.8, 4) is 0 Å². The van der Waals surface area contributed by atoms with Crippen LogP contribution in [0, 0.1) is 0 Å². The van der Waals surface area contributed by atoms with Crippen molar-refractivity contribution in [2.24, 2.45) is 0 Å². The molecule has 1 aliphatic carbocycles. The lowest BCUT2D eigenvalue weighted by Gasteiger charge is -2.11. The number of hydrogen-bond donors (Lipinski definition) is 1. The first-order valence-corrected chi connectivity index (χ1v) is 12.5. The number of hydrogen-bond acceptors (Lipinski definition) is 8. The topological polar surface area (TPSA) is 117 Å². The lowest BCUT2D eigenvalue weighted by atomic mass is 10.1. The number of benzene rings is 1. The smallest absolute Gasteiger partial charge is 0.359 e. The van der Waals surface area contributed by atoms with Crippen molar-refractivity contribution >= 4 is 45.0 Å². The first kappa shape index (κ1) is 24.6. The zero-order chi connectivity index (χ0) is 24.9. The molecule has 0 spiro atoms. The fraction of sp³-hybridized carbons (Fsp3) is 0.400. The van der Waals surface area contributed by atoms with Gasteiger partial charge in [0.2, 0.25) is 0 Å². The number of carbonyl (C=O) groups is 3. The van der Waals surface area contributed by atoms with Crippen molar-refractivity contribution < 1.29 is 23.9 Å². The van der Waals surface area contributed by atoms with Gasteiger partial charge in [-0.25, -0.2) is 14.3 Å². The minimum absolute atomic E-state index is 0.0282. The van der Waals surface area contributed by atoms with Gasteiger partial charge in [-0.2, -0.15) is 5.10 Å². The number of thiophene rings is 1. The predicted octanol–water partition coefficient (Wildman–Crippen LogP) is 3.72. The number of nitrogens with zero attached hydrogens (tertiary/aromatic N) is 2. The van der Waals surface area contributed by atoms with E-state index in [-0.39, 0.29) is 11.3 Å². The van der Waals surface area contributed by atoms with E-state index in [4.69, 9.17) is 9.47 Å². The van der Waals surface area contributed by atoms with E-state index in [0.29, 0.717) is 34.3 Å². The molecule has 0 bridgehead atoms. The standard InChI is InChI=1S/C25H27N3O6S/c1-3-13-28-23(30)16-10-8-7-9-15(16)21(27-28)25(32)34-14-19(29)26-22-20(24(31)33-2)17-11-5-4-6-12-18(17)35-22/h7-10H,3-6,11-14H2,1-2H3,(H,26,29). The SMILES string of the molecule is CCCn1nc(C(=O)OCC(=O)Nc2sc3c(c2C(=O)OC)CCCCC3)c2ccccc2c1=O. The van der Waals surface area contributed by atoms with Gasteiger partial charge in [-0.15, -0.1) is 11.3 Å². The maximum absolute atomic E-state index is 12.9. The number of esters is 2. The second kappa shape index (κ2) is 10.8. The largest absolute Gasteiger partial charge is 0.465 e. The van der Waals surface area contributed by atoms with Crippen LogP contribution in [0.2, 0.25) is 0 Å². The van der Waals surface area contributed by atoms with Crippen LogP contribution in [0.25, 0.3) is 10.8 Å². The van der Waals surface area contributed by atoms with Gasteiger partial charge in [0.25, 0.3) is 11.5 Å². The highest BCUT2D eigenvalue weighted by atomic mass is 32.1. The highest BCUT2D eigenvalue weighted by molar-refractivity contribution is 7.17. The van der Waals surface area contributed by atoms with Gasteiger partial charge in [-0.1, -0.05) is 31.5 Å². The van der Waals surface area contributed by atoms with Crippen LogP contribution in [0.4, 0.5) is 5.00 Å². The van der Waals surface area contributed by atoms with Crippen LogP contribution in [0.5, 0.6) is 0 Å². The first-order valence-electron chi connectivity index (χ1n) is 11.6. The number of aryl methyl sites for hydroxylation is 2. The third-order valence-electron chi connectivity index (χ3n) is 5.89. The lowest BCUT2D eigenvalue weighted by Crippen LogP contribution is -2.27. The van der Waals surface area contributed by atoms with Crippen molar-refractivity contribution in [1.82, 2.24) is 9.78 Å². The van der Waals surface area contributed by atoms with E-state index < -0.39 is 24.5 Å². The minimum atomic E-state index is -0.809. The third kappa shape index (κ3) is 5.12. The number of anilines is 1. The Morgan fingerprint density at radius 1 is 1.09 bits per heavy atom. The molecule has 9 nitrogen and oxygen atoms in total. The summed E-state index contributed by atoms with van der Waals surface area (Å²) in [5.74, 6) is -1.88. The molecule has 0 atom stereocenters. The number of carbonyl (C=O) groups excluding carboxylic acids is 3. The van der Waals surface area contributed by atoms with Crippen molar-refractivity contribution in [3.63, 3.8) is 0 Å². The molecule has 0 radical (unpaired) electrons. The van der Waals surface area contributed by atoms with Crippen LogP contribution >= 0.6 is 11.3 Å². The molecule has 0 fully saturated rings. The molecule has 0 saturated carbocycles. The Bertz CT molecular complexity index is 1340. The zero-order valence-electron chi connectivity index (χ0n) is 19.7. The summed E-state index contributed by atoms with van der Waals surface area (Å²) >= 11 is 1.37. The number of rotatable bonds is 7. The highest BCUT2D eigenvalue weighted by Gasteiger charge is 2.27. The number of ether oxygens (including phenoxy) is 2. The van der Waals surface area contributed by atoms with Gasteiger partial charge in [0.05, 0.1) is 18.1 Å². The quantitative estimate of drug-likeness (QED) is 0.391. The van der Waals surface area contributed by atoms with Gasteiger partial charge >= 0.3 is 11.9 Å². The van der Waals surface area contributed by atoms with Crippen LogP contribution in [0.1, 0.15) is 63.9 Å². The first-order chi connectivity index (χ1) is 16.9. The molecule has 1 aromatic carbocycles. The monoisotopic (exact) mass is 497 g/mol. The number of amides is 1. The van der Waals surface area contributed by atoms with Crippen LogP contribution < -0.4 is 10.9 Å².